The SMILES string of the molecule is COCCCc1nc(-c2cccc(OC)c2)c(-c2ccnc(Cl)n2)s1. The zero-order valence-electron chi connectivity index (χ0n) is 14.0. The molecule has 3 aromatic rings. The Morgan fingerprint density at radius 2 is 2.04 bits per heavy atom. The van der Waals surface area contributed by atoms with Crippen LogP contribution in [0.25, 0.3) is 21.8 Å². The zero-order chi connectivity index (χ0) is 17.6. The van der Waals surface area contributed by atoms with Crippen molar-refractivity contribution in [1.82, 2.24) is 15.0 Å². The van der Waals surface area contributed by atoms with Gasteiger partial charge in [0.25, 0.3) is 0 Å². The van der Waals surface area contributed by atoms with Crippen molar-refractivity contribution in [1.29, 1.82) is 0 Å². The summed E-state index contributed by atoms with van der Waals surface area (Å²) >= 11 is 7.60. The average Bonchev–Trinajstić information content (AvgIpc) is 3.06. The molecule has 1 aromatic carbocycles. The number of halogens is 1. The molecule has 7 heteroatoms. The Kier molecular flexibility index (Phi) is 5.96. The van der Waals surface area contributed by atoms with Crippen molar-refractivity contribution in [3.8, 4) is 27.6 Å². The van der Waals surface area contributed by atoms with Gasteiger partial charge in [0.2, 0.25) is 5.28 Å². The second-order valence-electron chi connectivity index (χ2n) is 5.32. The highest BCUT2D eigenvalue weighted by Gasteiger charge is 2.17. The molecule has 2 heterocycles. The molecular weight excluding hydrogens is 358 g/mol. The number of nitrogens with zero attached hydrogens (tertiary/aromatic N) is 3. The van der Waals surface area contributed by atoms with Crippen molar-refractivity contribution in [2.24, 2.45) is 0 Å². The van der Waals surface area contributed by atoms with E-state index < -0.39 is 0 Å². The molecule has 0 N–H and O–H groups in total. The normalized spacial score (nSPS) is 10.8. The summed E-state index contributed by atoms with van der Waals surface area (Å²) in [4.78, 5) is 14.1. The summed E-state index contributed by atoms with van der Waals surface area (Å²) in [5.41, 5.74) is 2.64. The maximum atomic E-state index is 5.98. The number of thiazole rings is 1. The fraction of sp³-hybridized carbons (Fsp3) is 0.278. The molecule has 3 rings (SSSR count). The molecule has 0 saturated carbocycles. The van der Waals surface area contributed by atoms with Gasteiger partial charge in [-0.05, 0) is 36.2 Å². The Balaban J connectivity index is 2.04. The standard InChI is InChI=1S/C18H18ClN3O2S/c1-23-10-4-7-15-22-16(12-5-3-6-13(11-12)24-2)17(25-15)14-8-9-20-18(19)21-14/h3,5-6,8-9,11H,4,7,10H2,1-2H3. The third-order valence-corrected chi connectivity index (χ3v) is 4.93. The number of benzene rings is 1. The lowest BCUT2D eigenvalue weighted by Gasteiger charge is -2.05. The van der Waals surface area contributed by atoms with E-state index in [1.54, 1.807) is 31.8 Å². The van der Waals surface area contributed by atoms with Gasteiger partial charge in [-0.1, -0.05) is 12.1 Å². The average molecular weight is 376 g/mol. The molecule has 0 atom stereocenters. The van der Waals surface area contributed by atoms with Crippen LogP contribution in [0.3, 0.4) is 0 Å². The van der Waals surface area contributed by atoms with Crippen LogP contribution in [0.1, 0.15) is 11.4 Å². The molecule has 0 amide bonds. The topological polar surface area (TPSA) is 57.1 Å². The van der Waals surface area contributed by atoms with Gasteiger partial charge in [0.05, 0.1) is 28.4 Å². The molecule has 0 aliphatic heterocycles. The van der Waals surface area contributed by atoms with Crippen molar-refractivity contribution >= 4 is 22.9 Å². The van der Waals surface area contributed by atoms with E-state index in [1.807, 2.05) is 30.3 Å². The minimum Gasteiger partial charge on any atom is -0.497 e. The van der Waals surface area contributed by atoms with Gasteiger partial charge in [-0.25, -0.2) is 15.0 Å². The van der Waals surface area contributed by atoms with E-state index in [0.29, 0.717) is 6.61 Å². The smallest absolute Gasteiger partial charge is 0.222 e. The molecule has 5 nitrogen and oxygen atoms in total. The summed E-state index contributed by atoms with van der Waals surface area (Å²) in [5.74, 6) is 0.790. The molecule has 130 valence electrons. The first-order valence-corrected chi connectivity index (χ1v) is 9.02. The van der Waals surface area contributed by atoms with Crippen LogP contribution < -0.4 is 4.74 Å². The van der Waals surface area contributed by atoms with E-state index in [-0.39, 0.29) is 5.28 Å². The lowest BCUT2D eigenvalue weighted by Crippen LogP contribution is -1.92. The van der Waals surface area contributed by atoms with Crippen LogP contribution in [0.2, 0.25) is 5.28 Å². The molecule has 0 aliphatic rings. The minimum absolute atomic E-state index is 0.225. The minimum atomic E-state index is 0.225. The number of hydrogen-bond acceptors (Lipinski definition) is 6. The zero-order valence-corrected chi connectivity index (χ0v) is 15.6. The van der Waals surface area contributed by atoms with Crippen LogP contribution in [0, 0.1) is 0 Å². The van der Waals surface area contributed by atoms with E-state index >= 15 is 0 Å². The number of hydrogen-bond donors (Lipinski definition) is 0. The summed E-state index contributed by atoms with van der Waals surface area (Å²) in [6, 6.07) is 9.70. The molecule has 0 bridgehead atoms. The Hall–Kier alpha value is -2.02. The third kappa shape index (κ3) is 4.34. The molecule has 0 unspecified atom stereocenters. The predicted octanol–water partition coefficient (Wildman–Crippen LogP) is 4.51. The van der Waals surface area contributed by atoms with E-state index in [9.17, 15) is 0 Å². The van der Waals surface area contributed by atoms with Crippen LogP contribution in [-0.2, 0) is 11.2 Å². The Bertz CT molecular complexity index is 854. The van der Waals surface area contributed by atoms with Gasteiger partial charge in [0.15, 0.2) is 0 Å². The van der Waals surface area contributed by atoms with Crippen LogP contribution in [0.15, 0.2) is 36.5 Å². The molecule has 2 aromatic heterocycles. The van der Waals surface area contributed by atoms with Crippen molar-refractivity contribution < 1.29 is 9.47 Å². The largest absolute Gasteiger partial charge is 0.497 e. The van der Waals surface area contributed by atoms with E-state index in [4.69, 9.17) is 26.1 Å². The Morgan fingerprint density at radius 1 is 1.16 bits per heavy atom. The summed E-state index contributed by atoms with van der Waals surface area (Å²) in [6.07, 6.45) is 3.43. The van der Waals surface area contributed by atoms with Crippen molar-refractivity contribution in [3.63, 3.8) is 0 Å². The number of ether oxygens (including phenoxy) is 2. The quantitative estimate of drug-likeness (QED) is 0.449. The summed E-state index contributed by atoms with van der Waals surface area (Å²) in [7, 11) is 3.36. The summed E-state index contributed by atoms with van der Waals surface area (Å²) < 4.78 is 10.5. The molecule has 0 spiro atoms. The van der Waals surface area contributed by atoms with Crippen molar-refractivity contribution in [2.75, 3.05) is 20.8 Å². The fourth-order valence-electron chi connectivity index (χ4n) is 2.44. The first-order chi connectivity index (χ1) is 12.2. The number of rotatable bonds is 7. The fourth-order valence-corrected chi connectivity index (χ4v) is 3.68. The van der Waals surface area contributed by atoms with Gasteiger partial charge in [-0.2, -0.15) is 0 Å². The Labute approximate surface area is 155 Å². The highest BCUT2D eigenvalue weighted by molar-refractivity contribution is 7.15. The predicted molar refractivity (Wildman–Crippen MR) is 100 cm³/mol. The second-order valence-corrected chi connectivity index (χ2v) is 6.75. The van der Waals surface area contributed by atoms with E-state index in [1.165, 1.54) is 0 Å². The molecule has 0 aliphatic carbocycles. The summed E-state index contributed by atoms with van der Waals surface area (Å²) in [5, 5.41) is 1.27. The van der Waals surface area contributed by atoms with Crippen LogP contribution >= 0.6 is 22.9 Å². The van der Waals surface area contributed by atoms with Gasteiger partial charge in [-0.15, -0.1) is 11.3 Å². The van der Waals surface area contributed by atoms with Gasteiger partial charge < -0.3 is 9.47 Å². The molecule has 25 heavy (non-hydrogen) atoms. The van der Waals surface area contributed by atoms with Crippen molar-refractivity contribution in [3.05, 3.63) is 46.8 Å². The van der Waals surface area contributed by atoms with Gasteiger partial charge in [0, 0.05) is 31.9 Å². The highest BCUT2D eigenvalue weighted by Crippen LogP contribution is 2.37. The lowest BCUT2D eigenvalue weighted by molar-refractivity contribution is 0.195. The summed E-state index contributed by atoms with van der Waals surface area (Å²) in [6.45, 7) is 0.711. The van der Waals surface area contributed by atoms with Crippen LogP contribution in [-0.4, -0.2) is 35.8 Å². The second kappa shape index (κ2) is 8.38. The van der Waals surface area contributed by atoms with Crippen LogP contribution in [0.4, 0.5) is 0 Å². The molecule has 0 saturated heterocycles. The number of aromatic nitrogens is 3. The number of aryl methyl sites for hydroxylation is 1. The third-order valence-electron chi connectivity index (χ3n) is 3.61. The first-order valence-electron chi connectivity index (χ1n) is 7.83. The molecular formula is C18H18ClN3O2S. The monoisotopic (exact) mass is 375 g/mol. The molecule has 0 radical (unpaired) electrons. The highest BCUT2D eigenvalue weighted by atomic mass is 35.5. The maximum absolute atomic E-state index is 5.98. The molecule has 0 fully saturated rings. The number of methoxy groups -OCH3 is 2. The van der Waals surface area contributed by atoms with Gasteiger partial charge in [0.1, 0.15) is 5.75 Å². The van der Waals surface area contributed by atoms with Gasteiger partial charge >= 0.3 is 0 Å². The lowest BCUT2D eigenvalue weighted by atomic mass is 10.1. The van der Waals surface area contributed by atoms with E-state index in [2.05, 4.69) is 9.97 Å². The van der Waals surface area contributed by atoms with Crippen LogP contribution in [0.5, 0.6) is 5.75 Å². The van der Waals surface area contributed by atoms with E-state index in [0.717, 1.165) is 45.4 Å². The first kappa shape index (κ1) is 17.8. The van der Waals surface area contributed by atoms with Gasteiger partial charge in [-0.3, -0.25) is 0 Å². The Morgan fingerprint density at radius 3 is 2.80 bits per heavy atom. The van der Waals surface area contributed by atoms with Crippen molar-refractivity contribution in [2.45, 2.75) is 12.8 Å². The maximum Gasteiger partial charge on any atom is 0.222 e.